The standard InChI is InChI=1S/C27H32N3O5P/c1-20(2)25(30-36(33)19-29-27(32)35-18-22-8-4-3-5-9-22)26(31)28-16-6-10-21-12-14-23(15-13-21)24-11-7-17-34-24/h3-5,7-9,11-15,17,20,25H,6,10,16,18-19H2,1-2H3,(H,28,31)(H,29,32)/t25-/m0/s1. The van der Waals surface area contributed by atoms with Crippen LogP contribution in [-0.4, -0.2) is 30.9 Å². The van der Waals surface area contributed by atoms with Gasteiger partial charge in [0, 0.05) is 12.1 Å². The Hall–Kier alpha value is -3.48. The molecule has 0 fully saturated rings. The van der Waals surface area contributed by atoms with Crippen LogP contribution in [0.3, 0.4) is 0 Å². The van der Waals surface area contributed by atoms with E-state index in [2.05, 4.69) is 27.5 Å². The first-order chi connectivity index (χ1) is 17.4. The Balaban J connectivity index is 1.39. The van der Waals surface area contributed by atoms with E-state index in [4.69, 9.17) is 9.15 Å². The van der Waals surface area contributed by atoms with E-state index in [1.54, 1.807) is 6.26 Å². The number of alkyl carbamates (subject to hydrolysis) is 1. The summed E-state index contributed by atoms with van der Waals surface area (Å²) in [6.45, 7) is 4.29. The Morgan fingerprint density at radius 2 is 1.75 bits per heavy atom. The Morgan fingerprint density at radius 1 is 1.00 bits per heavy atom. The van der Waals surface area contributed by atoms with Gasteiger partial charge in [-0.1, -0.05) is 73.2 Å². The highest BCUT2D eigenvalue weighted by atomic mass is 31.1. The lowest BCUT2D eigenvalue weighted by Gasteiger charge is -2.15. The highest BCUT2D eigenvalue weighted by Gasteiger charge is 2.24. The van der Waals surface area contributed by atoms with E-state index >= 15 is 0 Å². The number of benzene rings is 2. The predicted octanol–water partition coefficient (Wildman–Crippen LogP) is 4.84. The topological polar surface area (TPSA) is 116 Å². The number of rotatable bonds is 12. The van der Waals surface area contributed by atoms with Gasteiger partial charge in [0.25, 0.3) is 0 Å². The number of hydrogen-bond donors (Lipinski definition) is 2. The Bertz CT molecular complexity index is 1120. The molecular formula is C27H32N3O5P. The van der Waals surface area contributed by atoms with Gasteiger partial charge in [0.15, 0.2) is 20.3 Å². The Morgan fingerprint density at radius 3 is 2.42 bits per heavy atom. The van der Waals surface area contributed by atoms with Crippen molar-refractivity contribution in [1.82, 2.24) is 10.6 Å². The summed E-state index contributed by atoms with van der Waals surface area (Å²) < 4.78 is 14.7. The van der Waals surface area contributed by atoms with Gasteiger partial charge in [-0.3, -0.25) is 10.1 Å². The van der Waals surface area contributed by atoms with E-state index in [1.807, 2.05) is 68.4 Å². The molecule has 2 amide bonds. The van der Waals surface area contributed by atoms with Crippen LogP contribution in [0.4, 0.5) is 4.79 Å². The summed E-state index contributed by atoms with van der Waals surface area (Å²) in [5.41, 5.74) is 3.04. The molecule has 2 aromatic carbocycles. The molecule has 0 saturated heterocycles. The molecule has 1 heterocycles. The van der Waals surface area contributed by atoms with Gasteiger partial charge in [-0.25, -0.2) is 4.79 Å². The van der Waals surface area contributed by atoms with Crippen LogP contribution >= 0.6 is 7.94 Å². The van der Waals surface area contributed by atoms with Crippen molar-refractivity contribution in [2.75, 3.05) is 12.8 Å². The van der Waals surface area contributed by atoms with Crippen LogP contribution in [-0.2, 0) is 22.6 Å². The highest BCUT2D eigenvalue weighted by Crippen LogP contribution is 2.21. The zero-order chi connectivity index (χ0) is 25.8. The number of aryl methyl sites for hydroxylation is 1. The minimum absolute atomic E-state index is 0.117. The maximum absolute atomic E-state index is 12.6. The minimum Gasteiger partial charge on any atom is -0.611 e. The van der Waals surface area contributed by atoms with Crippen LogP contribution in [0.5, 0.6) is 0 Å². The van der Waals surface area contributed by atoms with Crippen LogP contribution in [0.25, 0.3) is 11.3 Å². The van der Waals surface area contributed by atoms with E-state index in [9.17, 15) is 14.5 Å². The zero-order valence-corrected chi connectivity index (χ0v) is 21.4. The molecule has 8 nitrogen and oxygen atoms in total. The lowest BCUT2D eigenvalue weighted by atomic mass is 10.0. The van der Waals surface area contributed by atoms with Crippen LogP contribution in [0.15, 0.2) is 82.2 Å². The van der Waals surface area contributed by atoms with Crippen LogP contribution < -0.4 is 15.5 Å². The minimum atomic E-state index is -2.16. The molecule has 0 spiro atoms. The van der Waals surface area contributed by atoms with E-state index in [0.717, 1.165) is 35.3 Å². The average Bonchev–Trinajstić information content (AvgIpc) is 3.43. The van der Waals surface area contributed by atoms with Crippen LogP contribution in [0.2, 0.25) is 0 Å². The summed E-state index contributed by atoms with van der Waals surface area (Å²) in [5.74, 6) is 0.422. The largest absolute Gasteiger partial charge is 0.611 e. The lowest BCUT2D eigenvalue weighted by Crippen LogP contribution is -2.37. The van der Waals surface area contributed by atoms with Gasteiger partial charge in [-0.05, 0) is 42.0 Å². The van der Waals surface area contributed by atoms with Crippen molar-refractivity contribution < 1.29 is 23.6 Å². The second-order valence-electron chi connectivity index (χ2n) is 8.62. The maximum Gasteiger partial charge on any atom is 0.410 e. The van der Waals surface area contributed by atoms with Crippen molar-refractivity contribution in [3.8, 4) is 11.3 Å². The number of ether oxygens (including phenoxy) is 1. The molecule has 0 saturated carbocycles. The Labute approximate surface area is 212 Å². The van der Waals surface area contributed by atoms with Crippen molar-refractivity contribution in [2.24, 2.45) is 10.7 Å². The number of carbonyl (C=O) groups excluding carboxylic acids is 2. The molecule has 0 aliphatic heterocycles. The summed E-state index contributed by atoms with van der Waals surface area (Å²) >= 11 is 0. The molecule has 190 valence electrons. The molecule has 36 heavy (non-hydrogen) atoms. The fraction of sp³-hybridized carbons (Fsp3) is 0.333. The number of amides is 2. The average molecular weight is 510 g/mol. The normalized spacial score (nSPS) is 12.3. The first kappa shape index (κ1) is 27.1. The molecule has 3 rings (SSSR count). The quantitative estimate of drug-likeness (QED) is 0.268. The maximum atomic E-state index is 12.6. The first-order valence-corrected chi connectivity index (χ1v) is 13.3. The van der Waals surface area contributed by atoms with Gasteiger partial charge in [-0.15, -0.1) is 0 Å². The molecule has 0 bridgehead atoms. The smallest absolute Gasteiger partial charge is 0.410 e. The van der Waals surface area contributed by atoms with Gasteiger partial charge >= 0.3 is 6.09 Å². The Kier molecular flexibility index (Phi) is 10.7. The number of nitrogens with one attached hydrogen (secondary N) is 2. The third kappa shape index (κ3) is 8.95. The van der Waals surface area contributed by atoms with Gasteiger partial charge < -0.3 is 19.4 Å². The molecule has 9 heteroatoms. The number of furan rings is 1. The summed E-state index contributed by atoms with van der Waals surface area (Å²) in [6, 6.07) is 20.4. The van der Waals surface area contributed by atoms with Crippen molar-refractivity contribution in [3.63, 3.8) is 0 Å². The molecule has 2 N–H and O–H groups in total. The summed E-state index contributed by atoms with van der Waals surface area (Å²) in [4.78, 5) is 36.9. The van der Waals surface area contributed by atoms with E-state index in [0.29, 0.717) is 6.54 Å². The zero-order valence-electron chi connectivity index (χ0n) is 20.6. The van der Waals surface area contributed by atoms with Gasteiger partial charge in [0.05, 0.1) is 6.26 Å². The van der Waals surface area contributed by atoms with Crippen LogP contribution in [0, 0.1) is 5.92 Å². The van der Waals surface area contributed by atoms with Crippen molar-refractivity contribution in [3.05, 3.63) is 84.1 Å². The molecule has 0 aliphatic carbocycles. The van der Waals surface area contributed by atoms with Gasteiger partial charge in [0.1, 0.15) is 12.4 Å². The summed E-state index contributed by atoms with van der Waals surface area (Å²) in [7, 11) is -2.16. The van der Waals surface area contributed by atoms with Crippen molar-refractivity contribution >= 4 is 19.9 Å². The van der Waals surface area contributed by atoms with E-state index in [-0.39, 0.29) is 24.7 Å². The second-order valence-corrected chi connectivity index (χ2v) is 9.87. The number of carbonyl (C=O) groups is 2. The summed E-state index contributed by atoms with van der Waals surface area (Å²) in [5, 5.41) is 5.33. The van der Waals surface area contributed by atoms with Crippen LogP contribution in [0.1, 0.15) is 31.4 Å². The SMILES string of the molecule is CC(C)[C@H](N=[P+]([O-])CNC(=O)OCc1ccccc1)C(=O)NCCCc1ccc(-c2ccco2)cc1. The third-order valence-corrected chi connectivity index (χ3v) is 6.36. The van der Waals surface area contributed by atoms with Crippen molar-refractivity contribution in [1.29, 1.82) is 0 Å². The number of nitrogens with zero attached hydrogens (tertiary/aromatic N) is 1. The molecule has 3 aromatic rings. The van der Waals surface area contributed by atoms with E-state index in [1.165, 1.54) is 0 Å². The number of hydrogen-bond acceptors (Lipinski definition) is 6. The molecule has 1 aromatic heterocycles. The monoisotopic (exact) mass is 509 g/mol. The van der Waals surface area contributed by atoms with Gasteiger partial charge in [0.2, 0.25) is 5.91 Å². The molecule has 2 atom stereocenters. The molecule has 0 aliphatic rings. The highest BCUT2D eigenvalue weighted by molar-refractivity contribution is 7.39. The fourth-order valence-electron chi connectivity index (χ4n) is 3.46. The predicted molar refractivity (Wildman–Crippen MR) is 138 cm³/mol. The molecule has 0 radical (unpaired) electrons. The van der Waals surface area contributed by atoms with E-state index < -0.39 is 20.1 Å². The first-order valence-electron chi connectivity index (χ1n) is 11.9. The fourth-order valence-corrected chi connectivity index (χ4v) is 4.46. The lowest BCUT2D eigenvalue weighted by molar-refractivity contribution is -0.156. The van der Waals surface area contributed by atoms with Gasteiger partial charge in [-0.2, -0.15) is 0 Å². The molecule has 1 unspecified atom stereocenters. The van der Waals surface area contributed by atoms with Crippen molar-refractivity contribution in [2.45, 2.75) is 39.3 Å². The second kappa shape index (κ2) is 14.2. The summed E-state index contributed by atoms with van der Waals surface area (Å²) in [6.07, 6.45) is 2.35. The molecular weight excluding hydrogens is 477 g/mol. The third-order valence-electron chi connectivity index (χ3n) is 5.43.